The molecule has 174 valence electrons. The average molecular weight is 463 g/mol. The first kappa shape index (κ1) is 21.6. The van der Waals surface area contributed by atoms with Gasteiger partial charge in [0.1, 0.15) is 28.7 Å². The molecule has 0 aliphatic heterocycles. The highest BCUT2D eigenvalue weighted by atomic mass is 19.1. The van der Waals surface area contributed by atoms with Crippen molar-refractivity contribution in [1.82, 2.24) is 24.5 Å². The quantitative estimate of drug-likeness (QED) is 0.345. The zero-order valence-corrected chi connectivity index (χ0v) is 18.2. The highest BCUT2D eigenvalue weighted by Gasteiger charge is 2.31. The second kappa shape index (κ2) is 8.60. The number of hydrogen-bond donors (Lipinski definition) is 4. The topological polar surface area (TPSA) is 126 Å². The number of nitrogens with one attached hydrogen (secondary N) is 3. The summed E-state index contributed by atoms with van der Waals surface area (Å²) in [5, 5.41) is 22.8. The number of amides is 1. The van der Waals surface area contributed by atoms with Gasteiger partial charge in [0.2, 0.25) is 0 Å². The first-order valence-corrected chi connectivity index (χ1v) is 10.8. The fraction of sp³-hybridized carbons (Fsp3) is 0.217. The molecule has 1 amide bonds. The lowest BCUT2D eigenvalue weighted by Crippen LogP contribution is -2.50. The van der Waals surface area contributed by atoms with E-state index in [2.05, 4.69) is 26.0 Å². The van der Waals surface area contributed by atoms with Crippen LogP contribution in [0.4, 0.5) is 21.7 Å². The molecule has 0 saturated heterocycles. The third kappa shape index (κ3) is 3.75. The van der Waals surface area contributed by atoms with E-state index in [0.29, 0.717) is 24.5 Å². The second-order valence-corrected chi connectivity index (χ2v) is 7.97. The number of aliphatic hydroxyl groups is 1. The van der Waals surface area contributed by atoms with Crippen molar-refractivity contribution < 1.29 is 14.3 Å². The minimum Gasteiger partial charge on any atom is -0.391 e. The summed E-state index contributed by atoms with van der Waals surface area (Å²) in [4.78, 5) is 30.3. The Kier molecular flexibility index (Phi) is 5.46. The minimum absolute atomic E-state index is 0.128. The number of benzene rings is 1. The van der Waals surface area contributed by atoms with Gasteiger partial charge < -0.3 is 21.1 Å². The molecule has 0 bridgehead atoms. The second-order valence-electron chi connectivity index (χ2n) is 7.97. The van der Waals surface area contributed by atoms with Crippen molar-refractivity contribution >= 4 is 28.9 Å². The van der Waals surface area contributed by atoms with Crippen LogP contribution >= 0.6 is 0 Å². The van der Waals surface area contributed by atoms with E-state index in [9.17, 15) is 19.1 Å². The number of fused-ring (bicyclic) bond motifs is 1. The number of rotatable bonds is 6. The minimum atomic E-state index is -0.557. The molecule has 1 aliphatic rings. The largest absolute Gasteiger partial charge is 0.391 e. The molecule has 3 heterocycles. The zero-order chi connectivity index (χ0) is 23.8. The summed E-state index contributed by atoms with van der Waals surface area (Å²) in [6.07, 6.45) is 3.68. The highest BCUT2D eigenvalue weighted by molar-refractivity contribution is 6.00. The van der Waals surface area contributed by atoms with Crippen LogP contribution in [0.5, 0.6) is 0 Å². The summed E-state index contributed by atoms with van der Waals surface area (Å²) < 4.78 is 16.9. The van der Waals surface area contributed by atoms with Gasteiger partial charge in [0.05, 0.1) is 24.0 Å². The van der Waals surface area contributed by atoms with Crippen LogP contribution in [0.15, 0.2) is 59.7 Å². The molecule has 5 rings (SSSR count). The summed E-state index contributed by atoms with van der Waals surface area (Å²) in [6.45, 7) is 0. The molecule has 4 aromatic rings. The summed E-state index contributed by atoms with van der Waals surface area (Å²) >= 11 is 0. The number of pyridine rings is 1. The molecule has 0 spiro atoms. The van der Waals surface area contributed by atoms with E-state index in [4.69, 9.17) is 0 Å². The van der Waals surface area contributed by atoms with Gasteiger partial charge in [-0.1, -0.05) is 12.1 Å². The van der Waals surface area contributed by atoms with Gasteiger partial charge in [-0.3, -0.25) is 14.2 Å². The fourth-order valence-electron chi connectivity index (χ4n) is 3.83. The third-order valence-electron chi connectivity index (χ3n) is 5.85. The van der Waals surface area contributed by atoms with Crippen LogP contribution in [0.2, 0.25) is 0 Å². The maximum atomic E-state index is 14.3. The highest BCUT2D eigenvalue weighted by Crippen LogP contribution is 2.23. The Bertz CT molecular complexity index is 1450. The Morgan fingerprint density at radius 2 is 2.03 bits per heavy atom. The Morgan fingerprint density at radius 3 is 2.74 bits per heavy atom. The summed E-state index contributed by atoms with van der Waals surface area (Å²) in [6, 6.07) is 10.5. The Balaban J connectivity index is 1.51. The van der Waals surface area contributed by atoms with Gasteiger partial charge in [-0.25, -0.2) is 9.37 Å². The molecule has 1 aliphatic carbocycles. The first-order chi connectivity index (χ1) is 16.5. The maximum absolute atomic E-state index is 14.3. The van der Waals surface area contributed by atoms with E-state index < -0.39 is 23.4 Å². The lowest BCUT2D eigenvalue weighted by atomic mass is 9.89. The fourth-order valence-corrected chi connectivity index (χ4v) is 3.83. The normalized spacial score (nSPS) is 17.3. The Hall–Kier alpha value is -4.25. The van der Waals surface area contributed by atoms with E-state index in [1.165, 1.54) is 33.6 Å². The van der Waals surface area contributed by atoms with Gasteiger partial charge in [-0.05, 0) is 37.1 Å². The van der Waals surface area contributed by atoms with E-state index in [1.54, 1.807) is 37.4 Å². The van der Waals surface area contributed by atoms with Gasteiger partial charge in [-0.15, -0.1) is 0 Å². The molecule has 4 N–H and O–H groups in total. The van der Waals surface area contributed by atoms with Gasteiger partial charge in [0, 0.05) is 19.3 Å². The van der Waals surface area contributed by atoms with Crippen LogP contribution in [0.1, 0.15) is 23.2 Å². The predicted molar refractivity (Wildman–Crippen MR) is 124 cm³/mol. The zero-order valence-electron chi connectivity index (χ0n) is 18.2. The van der Waals surface area contributed by atoms with Gasteiger partial charge in [0.25, 0.3) is 11.5 Å². The van der Waals surface area contributed by atoms with Crippen LogP contribution in [0.3, 0.4) is 0 Å². The van der Waals surface area contributed by atoms with E-state index >= 15 is 0 Å². The maximum Gasteiger partial charge on any atom is 0.278 e. The number of aliphatic hydroxyl groups excluding tert-OH is 1. The van der Waals surface area contributed by atoms with Crippen LogP contribution in [-0.4, -0.2) is 49.4 Å². The van der Waals surface area contributed by atoms with Crippen molar-refractivity contribution in [3.63, 3.8) is 0 Å². The molecule has 0 radical (unpaired) electrons. The molecule has 1 saturated carbocycles. The molecule has 0 unspecified atom stereocenters. The number of carbonyl (C=O) groups excluding carboxylic acids is 1. The Labute approximate surface area is 193 Å². The van der Waals surface area contributed by atoms with Crippen molar-refractivity contribution in [3.05, 3.63) is 76.6 Å². The lowest BCUT2D eigenvalue weighted by Gasteiger charge is -2.32. The van der Waals surface area contributed by atoms with Crippen LogP contribution < -0.4 is 21.5 Å². The third-order valence-corrected chi connectivity index (χ3v) is 5.85. The monoisotopic (exact) mass is 463 g/mol. The summed E-state index contributed by atoms with van der Waals surface area (Å²) in [7, 11) is 1.69. The molecule has 3 aromatic heterocycles. The first-order valence-electron chi connectivity index (χ1n) is 10.8. The van der Waals surface area contributed by atoms with Crippen molar-refractivity contribution in [3.8, 4) is 5.69 Å². The number of aromatic nitrogens is 4. The Morgan fingerprint density at radius 1 is 1.21 bits per heavy atom. The average Bonchev–Trinajstić information content (AvgIpc) is 3.27. The smallest absolute Gasteiger partial charge is 0.278 e. The van der Waals surface area contributed by atoms with Crippen molar-refractivity contribution in [2.45, 2.75) is 25.0 Å². The van der Waals surface area contributed by atoms with Gasteiger partial charge in [-0.2, -0.15) is 9.61 Å². The van der Waals surface area contributed by atoms with Crippen molar-refractivity contribution in [2.75, 3.05) is 17.7 Å². The molecular formula is C23H22FN7O3. The van der Waals surface area contributed by atoms with E-state index in [1.807, 2.05) is 0 Å². The van der Waals surface area contributed by atoms with Crippen LogP contribution in [0, 0.1) is 5.82 Å². The number of nitrogens with zero attached hydrogens (tertiary/aromatic N) is 4. The summed E-state index contributed by atoms with van der Waals surface area (Å²) in [5.41, 5.74) is 0.337. The van der Waals surface area contributed by atoms with Crippen LogP contribution in [0.25, 0.3) is 11.3 Å². The molecule has 1 fully saturated rings. The standard InChI is InChI=1S/C23H22FN7O3/c1-25-20-11-19(27-16-6-4-10-30(23(16)34)17-7-3-2-5-14(17)24)29-21-13(12-26-31(20)21)22(33)28-15-8-9-18(15)32/h2-7,10-12,15,18,25,32H,8-9H2,1H3,(H,27,29)(H,28,33)/t15-,18+/m0/s1. The number of hydrogen-bond acceptors (Lipinski definition) is 7. The molecule has 34 heavy (non-hydrogen) atoms. The number of carbonyl (C=O) groups is 1. The van der Waals surface area contributed by atoms with Gasteiger partial charge >= 0.3 is 0 Å². The summed E-state index contributed by atoms with van der Waals surface area (Å²) in [5.74, 6) is -0.101. The van der Waals surface area contributed by atoms with Gasteiger partial charge in [0.15, 0.2) is 5.65 Å². The molecule has 10 nitrogen and oxygen atoms in total. The lowest BCUT2D eigenvalue weighted by molar-refractivity contribution is 0.0448. The SMILES string of the molecule is CNc1cc(Nc2cccn(-c3ccccc3F)c2=O)nc2c(C(=O)N[C@H]3CC[C@H]3O)cnn12. The van der Waals surface area contributed by atoms with Crippen LogP contribution in [-0.2, 0) is 0 Å². The van der Waals surface area contributed by atoms with E-state index in [0.717, 1.165) is 0 Å². The van der Waals surface area contributed by atoms with E-state index in [-0.39, 0.29) is 28.6 Å². The molecule has 1 aromatic carbocycles. The van der Waals surface area contributed by atoms with Crippen molar-refractivity contribution in [1.29, 1.82) is 0 Å². The molecule has 2 atom stereocenters. The molecular weight excluding hydrogens is 441 g/mol. The number of halogens is 1. The van der Waals surface area contributed by atoms with Crippen molar-refractivity contribution in [2.24, 2.45) is 0 Å². The molecule has 11 heteroatoms. The number of anilines is 3. The number of para-hydroxylation sites is 1. The predicted octanol–water partition coefficient (Wildman–Crippen LogP) is 2.06.